The van der Waals surface area contributed by atoms with Gasteiger partial charge in [0.2, 0.25) is 0 Å². The number of aliphatic hydroxyl groups excluding tert-OH is 2. The topological polar surface area (TPSA) is 171 Å². The summed E-state index contributed by atoms with van der Waals surface area (Å²) in [6.07, 6.45) is -11.2. The third kappa shape index (κ3) is 8.21. The fourth-order valence-corrected chi connectivity index (χ4v) is 5.99. The van der Waals surface area contributed by atoms with Gasteiger partial charge in [0, 0.05) is 11.8 Å². The fourth-order valence-electron chi connectivity index (χ4n) is 5.99. The first-order chi connectivity index (χ1) is 24.8. The Labute approximate surface area is 295 Å². The molecule has 0 saturated carbocycles. The number of aryl methyl sites for hydroxylation is 1. The van der Waals surface area contributed by atoms with E-state index < -0.39 is 66.1 Å². The molecule has 1 aliphatic heterocycles. The molecule has 5 atom stereocenters. The molecule has 4 N–H and O–H groups in total. The number of aromatic amines is 1. The van der Waals surface area contributed by atoms with E-state index in [2.05, 4.69) is 4.98 Å². The van der Waals surface area contributed by atoms with Crippen molar-refractivity contribution in [3.05, 3.63) is 128 Å². The SMILES string of the molecule is COc1ccc(C(OCCO[C@@H]2O[C@H](Cn3cc(C)c(=O)[nH]c3=O)[C@@H](O)[C@H](O)[C@H]2NC(=O)C(F)(F)F)(c2ccccc2)c2ccc(OC)cc2)cc1. The van der Waals surface area contributed by atoms with E-state index >= 15 is 0 Å². The van der Waals surface area contributed by atoms with Gasteiger partial charge in [0.15, 0.2) is 6.29 Å². The lowest BCUT2D eigenvalue weighted by Gasteiger charge is -2.43. The maximum absolute atomic E-state index is 13.3. The molecule has 278 valence electrons. The number of hydrogen-bond donors (Lipinski definition) is 4. The van der Waals surface area contributed by atoms with Crippen LogP contribution in [0.5, 0.6) is 11.5 Å². The van der Waals surface area contributed by atoms with Gasteiger partial charge >= 0.3 is 17.8 Å². The number of benzene rings is 3. The summed E-state index contributed by atoms with van der Waals surface area (Å²) in [5, 5.41) is 23.5. The van der Waals surface area contributed by atoms with Gasteiger partial charge in [0.05, 0.1) is 34.0 Å². The highest BCUT2D eigenvalue weighted by Gasteiger charge is 2.49. The van der Waals surface area contributed by atoms with E-state index in [1.165, 1.54) is 27.3 Å². The van der Waals surface area contributed by atoms with Crippen LogP contribution in [0.15, 0.2) is 94.6 Å². The van der Waals surface area contributed by atoms with Gasteiger partial charge in [-0.05, 0) is 47.9 Å². The molecular weight excluding hydrogens is 691 g/mol. The number of nitrogens with zero attached hydrogens (tertiary/aromatic N) is 1. The first-order valence-corrected chi connectivity index (χ1v) is 16.1. The van der Waals surface area contributed by atoms with E-state index in [9.17, 15) is 37.8 Å². The lowest BCUT2D eigenvalue weighted by molar-refractivity contribution is -0.271. The van der Waals surface area contributed by atoms with Crippen LogP contribution in [0.3, 0.4) is 0 Å². The Balaban J connectivity index is 1.45. The van der Waals surface area contributed by atoms with E-state index in [0.29, 0.717) is 22.6 Å². The van der Waals surface area contributed by atoms with Gasteiger partial charge in [-0.2, -0.15) is 13.2 Å². The van der Waals surface area contributed by atoms with Crippen molar-refractivity contribution in [2.75, 3.05) is 27.4 Å². The largest absolute Gasteiger partial charge is 0.497 e. The van der Waals surface area contributed by atoms with Crippen LogP contribution in [0.2, 0.25) is 0 Å². The second kappa shape index (κ2) is 16.1. The molecule has 5 rings (SSSR count). The second-order valence-electron chi connectivity index (χ2n) is 12.0. The van der Waals surface area contributed by atoms with Crippen LogP contribution in [-0.4, -0.2) is 89.9 Å². The van der Waals surface area contributed by atoms with Crippen LogP contribution < -0.4 is 26.0 Å². The Bertz CT molecular complexity index is 1870. The number of aromatic nitrogens is 2. The van der Waals surface area contributed by atoms with Gasteiger partial charge in [-0.1, -0.05) is 54.6 Å². The number of alkyl halides is 3. The van der Waals surface area contributed by atoms with Crippen molar-refractivity contribution in [3.8, 4) is 11.5 Å². The van der Waals surface area contributed by atoms with E-state index in [0.717, 1.165) is 10.1 Å². The molecule has 16 heteroatoms. The van der Waals surface area contributed by atoms with E-state index in [1.54, 1.807) is 29.6 Å². The molecule has 1 saturated heterocycles. The zero-order chi connectivity index (χ0) is 37.6. The number of amides is 1. The summed E-state index contributed by atoms with van der Waals surface area (Å²) in [7, 11) is 3.07. The molecule has 4 aromatic rings. The van der Waals surface area contributed by atoms with Crippen molar-refractivity contribution >= 4 is 5.91 Å². The predicted octanol–water partition coefficient (Wildman–Crippen LogP) is 2.38. The quantitative estimate of drug-likeness (QED) is 0.118. The number of carbonyl (C=O) groups excluding carboxylic acids is 1. The molecule has 0 radical (unpaired) electrons. The third-order valence-electron chi connectivity index (χ3n) is 8.68. The number of aliphatic hydroxyl groups is 2. The zero-order valence-corrected chi connectivity index (χ0v) is 28.3. The van der Waals surface area contributed by atoms with Crippen LogP contribution in [0.25, 0.3) is 0 Å². The van der Waals surface area contributed by atoms with E-state index in [1.807, 2.05) is 54.6 Å². The van der Waals surface area contributed by atoms with Crippen molar-refractivity contribution < 1.29 is 51.9 Å². The van der Waals surface area contributed by atoms with Gasteiger partial charge in [0.25, 0.3) is 5.56 Å². The first kappa shape index (κ1) is 38.2. The van der Waals surface area contributed by atoms with Crippen molar-refractivity contribution in [1.82, 2.24) is 14.9 Å². The van der Waals surface area contributed by atoms with E-state index in [4.69, 9.17) is 23.7 Å². The van der Waals surface area contributed by atoms with Crippen LogP contribution in [0.1, 0.15) is 22.3 Å². The maximum atomic E-state index is 13.3. The van der Waals surface area contributed by atoms with Gasteiger partial charge < -0.3 is 39.2 Å². The Morgan fingerprint density at radius 1 is 0.865 bits per heavy atom. The lowest BCUT2D eigenvalue weighted by Crippen LogP contribution is -2.66. The van der Waals surface area contributed by atoms with Crippen molar-refractivity contribution in [1.29, 1.82) is 0 Å². The molecule has 1 amide bonds. The van der Waals surface area contributed by atoms with Crippen LogP contribution in [-0.2, 0) is 31.2 Å². The van der Waals surface area contributed by atoms with Crippen molar-refractivity contribution in [2.45, 2.75) is 55.9 Å². The average Bonchev–Trinajstić information content (AvgIpc) is 3.14. The zero-order valence-electron chi connectivity index (χ0n) is 28.3. The molecule has 0 aliphatic carbocycles. The molecule has 1 fully saturated rings. The van der Waals surface area contributed by atoms with Gasteiger partial charge in [-0.15, -0.1) is 0 Å². The monoisotopic (exact) mass is 729 g/mol. The maximum Gasteiger partial charge on any atom is 0.471 e. The number of rotatable bonds is 13. The highest BCUT2D eigenvalue weighted by atomic mass is 19.4. The number of halogens is 3. The molecule has 3 aromatic carbocycles. The number of nitrogens with one attached hydrogen (secondary N) is 2. The Morgan fingerprint density at radius 3 is 1.96 bits per heavy atom. The summed E-state index contributed by atoms with van der Waals surface area (Å²) in [5.41, 5.74) is -0.520. The van der Waals surface area contributed by atoms with E-state index in [-0.39, 0.29) is 18.8 Å². The number of carbonyl (C=O) groups is 1. The minimum absolute atomic E-state index is 0.154. The highest BCUT2D eigenvalue weighted by molar-refractivity contribution is 5.82. The summed E-state index contributed by atoms with van der Waals surface area (Å²) >= 11 is 0. The predicted molar refractivity (Wildman–Crippen MR) is 179 cm³/mol. The molecule has 0 bridgehead atoms. The lowest BCUT2D eigenvalue weighted by atomic mass is 9.80. The highest BCUT2D eigenvalue weighted by Crippen LogP contribution is 2.41. The minimum atomic E-state index is -5.33. The minimum Gasteiger partial charge on any atom is -0.497 e. The first-order valence-electron chi connectivity index (χ1n) is 16.1. The molecule has 52 heavy (non-hydrogen) atoms. The number of H-pyrrole nitrogens is 1. The number of methoxy groups -OCH3 is 2. The average molecular weight is 730 g/mol. The molecule has 1 aromatic heterocycles. The van der Waals surface area contributed by atoms with Crippen molar-refractivity contribution in [3.63, 3.8) is 0 Å². The van der Waals surface area contributed by atoms with Crippen LogP contribution in [0, 0.1) is 6.92 Å². The third-order valence-corrected chi connectivity index (χ3v) is 8.68. The molecule has 0 unspecified atom stereocenters. The number of hydrogen-bond acceptors (Lipinski definition) is 10. The Kier molecular flexibility index (Phi) is 11.9. The van der Waals surface area contributed by atoms with Crippen LogP contribution >= 0.6 is 0 Å². The standard InChI is InChI=1S/C36H38F3N3O10/c1-21-19-42(34(47)41-31(21)45)20-27-29(43)30(44)28(40-33(46)36(37,38)39)32(52-27)50-17-18-51-35(22-7-5-4-6-8-22,23-9-13-25(48-2)14-10-23)24-11-15-26(49-3)16-12-24/h4-16,19,27-30,32,43-44H,17-18,20H2,1-3H3,(H,40,46)(H,41,45,47)/t27-,28-,29-,30-,32-/m1/s1. The Morgan fingerprint density at radius 2 is 1.42 bits per heavy atom. The molecule has 0 spiro atoms. The molecule has 2 heterocycles. The normalized spacial score (nSPS) is 20.7. The summed E-state index contributed by atoms with van der Waals surface area (Å²) < 4.78 is 70.0. The molecule has 13 nitrogen and oxygen atoms in total. The summed E-state index contributed by atoms with van der Waals surface area (Å²) in [6.45, 7) is 0.437. The molecule has 1 aliphatic rings. The summed E-state index contributed by atoms with van der Waals surface area (Å²) in [4.78, 5) is 38.4. The summed E-state index contributed by atoms with van der Waals surface area (Å²) in [6, 6.07) is 21.7. The fraction of sp³-hybridized carbons (Fsp3) is 0.361. The van der Waals surface area contributed by atoms with Gasteiger partial charge in [-0.25, -0.2) is 4.79 Å². The van der Waals surface area contributed by atoms with Gasteiger partial charge in [0.1, 0.15) is 41.5 Å². The van der Waals surface area contributed by atoms with Crippen molar-refractivity contribution in [2.24, 2.45) is 0 Å². The van der Waals surface area contributed by atoms with Gasteiger partial charge in [-0.3, -0.25) is 19.1 Å². The number of ether oxygens (including phenoxy) is 5. The Hall–Kier alpha value is -5.00. The van der Waals surface area contributed by atoms with Crippen LogP contribution in [0.4, 0.5) is 13.2 Å². The smallest absolute Gasteiger partial charge is 0.471 e. The molecular formula is C36H38F3N3O10. The second-order valence-corrected chi connectivity index (χ2v) is 12.0. The summed E-state index contributed by atoms with van der Waals surface area (Å²) in [5.74, 6) is -1.20.